The van der Waals surface area contributed by atoms with E-state index in [-0.39, 0.29) is 17.8 Å². The predicted octanol–water partition coefficient (Wildman–Crippen LogP) is 3.56. The van der Waals surface area contributed by atoms with Gasteiger partial charge in [-0.2, -0.15) is 0 Å². The van der Waals surface area contributed by atoms with Crippen LogP contribution < -0.4 is 16.4 Å². The topological polar surface area (TPSA) is 98.1 Å². The van der Waals surface area contributed by atoms with Gasteiger partial charge in [0.25, 0.3) is 5.91 Å². The van der Waals surface area contributed by atoms with E-state index in [1.165, 1.54) is 0 Å². The minimum atomic E-state index is -0.633. The smallest absolute Gasteiger partial charge is 0.268 e. The van der Waals surface area contributed by atoms with Gasteiger partial charge >= 0.3 is 0 Å². The molecule has 1 aliphatic carbocycles. The van der Waals surface area contributed by atoms with E-state index in [0.717, 1.165) is 25.7 Å². The minimum Gasteiger partial charge on any atom is -0.364 e. The van der Waals surface area contributed by atoms with Crippen LogP contribution in [0.3, 0.4) is 0 Å². The van der Waals surface area contributed by atoms with E-state index in [9.17, 15) is 4.79 Å². The molecule has 0 spiro atoms. The predicted molar refractivity (Wildman–Crippen MR) is 109 cm³/mol. The van der Waals surface area contributed by atoms with Crippen molar-refractivity contribution in [2.24, 2.45) is 11.5 Å². The lowest BCUT2D eigenvalue weighted by atomic mass is 9.91. The van der Waals surface area contributed by atoms with Gasteiger partial charge in [0, 0.05) is 30.3 Å². The largest absolute Gasteiger partial charge is 0.364 e. The molecule has 1 aromatic carbocycles. The second-order valence-electron chi connectivity index (χ2n) is 6.98. The molecule has 1 saturated carbocycles. The fourth-order valence-corrected chi connectivity index (χ4v) is 3.96. The number of halogens is 2. The molecule has 144 valence electrons. The van der Waals surface area contributed by atoms with Crippen LogP contribution in [0.15, 0.2) is 18.2 Å². The number of aryl methyl sites for hydroxylation is 1. The Morgan fingerprint density at radius 2 is 1.85 bits per heavy atom. The van der Waals surface area contributed by atoms with E-state index in [1.807, 2.05) is 18.9 Å². The molecule has 27 heavy (non-hydrogen) atoms. The zero-order valence-electron chi connectivity index (χ0n) is 15.4. The maximum atomic E-state index is 12.2. The number of hydrogen-bond donors (Lipinski definition) is 2. The van der Waals surface area contributed by atoms with Crippen molar-refractivity contribution in [3.8, 4) is 11.1 Å². The number of aromatic nitrogens is 2. The summed E-state index contributed by atoms with van der Waals surface area (Å²) in [7, 11) is 1.94. The number of amides is 1. The number of carbonyl (C=O) groups excluding carboxylic acids is 1. The van der Waals surface area contributed by atoms with Crippen LogP contribution in [0.2, 0.25) is 10.0 Å². The summed E-state index contributed by atoms with van der Waals surface area (Å²) in [5.74, 6) is -0.157. The first kappa shape index (κ1) is 19.9. The molecule has 1 fully saturated rings. The van der Waals surface area contributed by atoms with Crippen molar-refractivity contribution in [3.63, 3.8) is 0 Å². The van der Waals surface area contributed by atoms with Crippen molar-refractivity contribution in [1.82, 2.24) is 9.97 Å². The van der Waals surface area contributed by atoms with Crippen molar-refractivity contribution in [3.05, 3.63) is 39.6 Å². The summed E-state index contributed by atoms with van der Waals surface area (Å²) >= 11 is 12.5. The van der Waals surface area contributed by atoms with Gasteiger partial charge in [0.1, 0.15) is 5.69 Å². The Morgan fingerprint density at radius 1 is 1.19 bits per heavy atom. The van der Waals surface area contributed by atoms with Crippen LogP contribution in [0.25, 0.3) is 11.1 Å². The van der Waals surface area contributed by atoms with Crippen LogP contribution in [0, 0.1) is 6.92 Å². The first-order chi connectivity index (χ1) is 12.8. The Morgan fingerprint density at radius 3 is 2.48 bits per heavy atom. The van der Waals surface area contributed by atoms with Crippen LogP contribution in [0.4, 0.5) is 5.95 Å². The number of primary amides is 1. The van der Waals surface area contributed by atoms with Crippen LogP contribution in [0.1, 0.15) is 41.9 Å². The van der Waals surface area contributed by atoms with Crippen LogP contribution in [-0.2, 0) is 0 Å². The Labute approximate surface area is 168 Å². The van der Waals surface area contributed by atoms with E-state index >= 15 is 0 Å². The lowest BCUT2D eigenvalue weighted by Gasteiger charge is -2.33. The summed E-state index contributed by atoms with van der Waals surface area (Å²) in [6.07, 6.45) is 3.86. The summed E-state index contributed by atoms with van der Waals surface area (Å²) < 4.78 is 0. The van der Waals surface area contributed by atoms with Crippen molar-refractivity contribution in [2.45, 2.75) is 44.7 Å². The molecule has 1 aromatic heterocycles. The molecule has 1 aliphatic rings. The molecule has 0 atom stereocenters. The monoisotopic (exact) mass is 407 g/mol. The molecule has 6 nitrogen and oxygen atoms in total. The number of nitrogens with zero attached hydrogens (tertiary/aromatic N) is 3. The Kier molecular flexibility index (Phi) is 5.89. The van der Waals surface area contributed by atoms with Gasteiger partial charge in [-0.1, -0.05) is 35.3 Å². The second-order valence-corrected chi connectivity index (χ2v) is 7.76. The summed E-state index contributed by atoms with van der Waals surface area (Å²) in [6, 6.07) is 5.76. The van der Waals surface area contributed by atoms with Crippen LogP contribution in [0.5, 0.6) is 0 Å². The van der Waals surface area contributed by atoms with Gasteiger partial charge in [-0.15, -0.1) is 0 Å². The van der Waals surface area contributed by atoms with Gasteiger partial charge in [0.2, 0.25) is 5.95 Å². The summed E-state index contributed by atoms with van der Waals surface area (Å²) in [5, 5.41) is 0.736. The highest BCUT2D eigenvalue weighted by atomic mass is 35.5. The Hall–Kier alpha value is -1.89. The summed E-state index contributed by atoms with van der Waals surface area (Å²) in [5.41, 5.74) is 13.5. The van der Waals surface area contributed by atoms with Gasteiger partial charge in [-0.05, 0) is 38.7 Å². The maximum absolute atomic E-state index is 12.2. The Balaban J connectivity index is 2.05. The standard InChI is InChI=1S/C19H23Cl2N5O/c1-10-15(13-4-3-5-14(20)16(13)21)17(18(23)27)25-19(24-10)26(2)12-8-6-11(22)7-9-12/h3-5,11-12H,6-9,22H2,1-2H3,(H2,23,27). The number of rotatable bonds is 4. The van der Waals surface area contributed by atoms with E-state index in [2.05, 4.69) is 9.97 Å². The number of hydrogen-bond acceptors (Lipinski definition) is 5. The number of benzene rings is 1. The highest BCUT2D eigenvalue weighted by Gasteiger charge is 2.26. The molecular formula is C19H23Cl2N5O. The fourth-order valence-electron chi connectivity index (χ4n) is 3.57. The molecule has 0 radical (unpaired) electrons. The molecule has 0 unspecified atom stereocenters. The molecule has 1 amide bonds. The van der Waals surface area contributed by atoms with Gasteiger partial charge in [-0.25, -0.2) is 9.97 Å². The average molecular weight is 408 g/mol. The fraction of sp³-hybridized carbons (Fsp3) is 0.421. The van der Waals surface area contributed by atoms with Gasteiger partial charge < -0.3 is 16.4 Å². The molecule has 1 heterocycles. The summed E-state index contributed by atoms with van der Waals surface area (Å²) in [4.78, 5) is 23.3. The molecule has 3 rings (SSSR count). The van der Waals surface area contributed by atoms with Crippen molar-refractivity contribution >= 4 is 35.1 Å². The summed E-state index contributed by atoms with van der Waals surface area (Å²) in [6.45, 7) is 1.81. The van der Waals surface area contributed by atoms with Gasteiger partial charge in [0.05, 0.1) is 15.7 Å². The molecule has 2 aromatic rings. The first-order valence-corrected chi connectivity index (χ1v) is 9.66. The molecule has 8 heteroatoms. The van der Waals surface area contributed by atoms with E-state index < -0.39 is 5.91 Å². The number of anilines is 1. The van der Waals surface area contributed by atoms with E-state index in [4.69, 9.17) is 34.7 Å². The molecular weight excluding hydrogens is 385 g/mol. The third-order valence-electron chi connectivity index (χ3n) is 5.14. The highest BCUT2D eigenvalue weighted by Crippen LogP contribution is 2.37. The maximum Gasteiger partial charge on any atom is 0.268 e. The second kappa shape index (κ2) is 8.00. The van der Waals surface area contributed by atoms with E-state index in [1.54, 1.807) is 18.2 Å². The van der Waals surface area contributed by atoms with Gasteiger partial charge in [0.15, 0.2) is 0 Å². The minimum absolute atomic E-state index is 0.140. The molecule has 0 bridgehead atoms. The van der Waals surface area contributed by atoms with Gasteiger partial charge in [-0.3, -0.25) is 4.79 Å². The first-order valence-electron chi connectivity index (χ1n) is 8.90. The number of nitrogens with two attached hydrogens (primary N) is 2. The lowest BCUT2D eigenvalue weighted by Crippen LogP contribution is -2.39. The van der Waals surface area contributed by atoms with Crippen molar-refractivity contribution < 1.29 is 4.79 Å². The quantitative estimate of drug-likeness (QED) is 0.806. The van der Waals surface area contributed by atoms with Crippen LogP contribution >= 0.6 is 23.2 Å². The third kappa shape index (κ3) is 4.03. The zero-order valence-corrected chi connectivity index (χ0v) is 16.9. The molecule has 0 saturated heterocycles. The van der Waals surface area contributed by atoms with E-state index in [0.29, 0.717) is 32.8 Å². The lowest BCUT2D eigenvalue weighted by molar-refractivity contribution is 0.0996. The van der Waals surface area contributed by atoms with Crippen LogP contribution in [-0.4, -0.2) is 35.0 Å². The van der Waals surface area contributed by atoms with Crippen molar-refractivity contribution in [1.29, 1.82) is 0 Å². The average Bonchev–Trinajstić information content (AvgIpc) is 2.63. The third-order valence-corrected chi connectivity index (χ3v) is 5.96. The van der Waals surface area contributed by atoms with Crippen molar-refractivity contribution in [2.75, 3.05) is 11.9 Å². The normalized spacial score (nSPS) is 19.7. The Bertz CT molecular complexity index is 865. The SMILES string of the molecule is Cc1nc(N(C)C2CCC(N)CC2)nc(C(N)=O)c1-c1cccc(Cl)c1Cl. The molecule has 0 aliphatic heterocycles. The number of carbonyl (C=O) groups is 1. The highest BCUT2D eigenvalue weighted by molar-refractivity contribution is 6.43. The zero-order chi connectivity index (χ0) is 19.7. The molecule has 4 N–H and O–H groups in total.